The lowest BCUT2D eigenvalue weighted by Crippen LogP contribution is -2.23. The number of fused-ring (bicyclic) bond motifs is 1. The Kier molecular flexibility index (Phi) is 4.00. The summed E-state index contributed by atoms with van der Waals surface area (Å²) in [6.45, 7) is 0. The van der Waals surface area contributed by atoms with E-state index in [9.17, 15) is 4.79 Å². The predicted octanol–water partition coefficient (Wildman–Crippen LogP) is 3.05. The van der Waals surface area contributed by atoms with Crippen LogP contribution >= 0.6 is 27.3 Å². The SMILES string of the molecule is O=c1/c(=C/c2cccc(Br)c2)sc2nc(Cc3ccccc3)nn12. The first kappa shape index (κ1) is 15.2. The van der Waals surface area contributed by atoms with E-state index in [1.54, 1.807) is 0 Å². The second-order valence-corrected chi connectivity index (χ2v) is 7.28. The van der Waals surface area contributed by atoms with Gasteiger partial charge in [0.1, 0.15) is 0 Å². The van der Waals surface area contributed by atoms with Gasteiger partial charge in [0.15, 0.2) is 5.82 Å². The van der Waals surface area contributed by atoms with Crippen molar-refractivity contribution in [2.75, 3.05) is 0 Å². The number of rotatable bonds is 3. The van der Waals surface area contributed by atoms with Gasteiger partial charge in [0.25, 0.3) is 5.56 Å². The minimum atomic E-state index is -0.123. The van der Waals surface area contributed by atoms with Gasteiger partial charge in [-0.1, -0.05) is 69.7 Å². The molecule has 0 fully saturated rings. The third-order valence-electron chi connectivity index (χ3n) is 3.58. The summed E-state index contributed by atoms with van der Waals surface area (Å²) >= 11 is 4.80. The Morgan fingerprint density at radius 3 is 2.71 bits per heavy atom. The zero-order valence-electron chi connectivity index (χ0n) is 12.5. The third-order valence-corrected chi connectivity index (χ3v) is 5.03. The standard InChI is InChI=1S/C18H12BrN3OS/c19-14-8-4-7-13(9-14)10-15-17(23)22-18(24-15)20-16(21-22)11-12-5-2-1-3-6-12/h1-10H,11H2/b15-10-. The van der Waals surface area contributed by atoms with Gasteiger partial charge in [0.2, 0.25) is 4.96 Å². The molecule has 0 aliphatic carbocycles. The van der Waals surface area contributed by atoms with Gasteiger partial charge in [-0.25, -0.2) is 4.98 Å². The Bertz CT molecular complexity index is 1120. The second-order valence-electron chi connectivity index (χ2n) is 5.36. The predicted molar refractivity (Wildman–Crippen MR) is 99.3 cm³/mol. The summed E-state index contributed by atoms with van der Waals surface area (Å²) in [6.07, 6.45) is 2.49. The fraction of sp³-hybridized carbons (Fsp3) is 0.0556. The molecule has 2 aromatic heterocycles. The maximum atomic E-state index is 12.5. The van der Waals surface area contributed by atoms with Gasteiger partial charge < -0.3 is 0 Å². The molecule has 0 bridgehead atoms. The fourth-order valence-electron chi connectivity index (χ4n) is 2.48. The molecular formula is C18H12BrN3OS. The molecule has 24 heavy (non-hydrogen) atoms. The largest absolute Gasteiger partial charge is 0.291 e. The van der Waals surface area contributed by atoms with Crippen LogP contribution in [0.1, 0.15) is 17.0 Å². The molecule has 0 amide bonds. The van der Waals surface area contributed by atoms with Crippen LogP contribution in [-0.2, 0) is 6.42 Å². The highest BCUT2D eigenvalue weighted by atomic mass is 79.9. The second kappa shape index (κ2) is 6.30. The van der Waals surface area contributed by atoms with Crippen molar-refractivity contribution in [2.45, 2.75) is 6.42 Å². The molecule has 118 valence electrons. The lowest BCUT2D eigenvalue weighted by atomic mass is 10.1. The molecule has 6 heteroatoms. The van der Waals surface area contributed by atoms with E-state index in [0.717, 1.165) is 15.6 Å². The number of hydrogen-bond donors (Lipinski definition) is 0. The Hall–Kier alpha value is -2.31. The maximum Gasteiger partial charge on any atom is 0.291 e. The summed E-state index contributed by atoms with van der Waals surface area (Å²) in [5.74, 6) is 0.665. The highest BCUT2D eigenvalue weighted by Gasteiger charge is 2.10. The monoisotopic (exact) mass is 397 g/mol. The summed E-state index contributed by atoms with van der Waals surface area (Å²) in [5, 5.41) is 4.36. The van der Waals surface area contributed by atoms with E-state index in [0.29, 0.717) is 21.7 Å². The molecular weight excluding hydrogens is 386 g/mol. The Morgan fingerprint density at radius 1 is 1.12 bits per heavy atom. The Balaban J connectivity index is 1.72. The first-order chi connectivity index (χ1) is 11.7. The van der Waals surface area contributed by atoms with E-state index in [1.165, 1.54) is 15.9 Å². The minimum absolute atomic E-state index is 0.123. The van der Waals surface area contributed by atoms with Gasteiger partial charge in [-0.15, -0.1) is 5.10 Å². The summed E-state index contributed by atoms with van der Waals surface area (Å²) < 4.78 is 3.01. The molecule has 4 aromatic rings. The first-order valence-corrected chi connectivity index (χ1v) is 9.00. The number of thiazole rings is 1. The van der Waals surface area contributed by atoms with Gasteiger partial charge in [-0.05, 0) is 29.3 Å². The Labute approximate surface area is 150 Å². The van der Waals surface area contributed by atoms with Crippen molar-refractivity contribution in [3.05, 3.63) is 90.9 Å². The zero-order valence-corrected chi connectivity index (χ0v) is 14.9. The zero-order chi connectivity index (χ0) is 16.5. The first-order valence-electron chi connectivity index (χ1n) is 7.39. The van der Waals surface area contributed by atoms with Crippen LogP contribution in [0.2, 0.25) is 0 Å². The highest BCUT2D eigenvalue weighted by Crippen LogP contribution is 2.12. The van der Waals surface area contributed by atoms with Crippen molar-refractivity contribution in [3.63, 3.8) is 0 Å². The van der Waals surface area contributed by atoms with Gasteiger partial charge >= 0.3 is 0 Å². The van der Waals surface area contributed by atoms with Crippen LogP contribution in [0.25, 0.3) is 11.0 Å². The van der Waals surface area contributed by atoms with Crippen molar-refractivity contribution < 1.29 is 0 Å². The van der Waals surface area contributed by atoms with Crippen LogP contribution in [0.3, 0.4) is 0 Å². The van der Waals surface area contributed by atoms with Gasteiger partial charge in [-0.2, -0.15) is 4.52 Å². The lowest BCUT2D eigenvalue weighted by molar-refractivity contribution is 0.879. The van der Waals surface area contributed by atoms with E-state index in [1.807, 2.05) is 60.7 Å². The van der Waals surface area contributed by atoms with Crippen molar-refractivity contribution >= 4 is 38.3 Å². The van der Waals surface area contributed by atoms with Gasteiger partial charge in [0.05, 0.1) is 4.53 Å². The number of aromatic nitrogens is 3. The van der Waals surface area contributed by atoms with Gasteiger partial charge in [-0.3, -0.25) is 4.79 Å². The molecule has 0 radical (unpaired) electrons. The van der Waals surface area contributed by atoms with Crippen LogP contribution in [0, 0.1) is 0 Å². The molecule has 2 aromatic carbocycles. The third kappa shape index (κ3) is 3.02. The number of hydrogen-bond acceptors (Lipinski definition) is 4. The molecule has 0 saturated carbocycles. The maximum absolute atomic E-state index is 12.5. The van der Waals surface area contributed by atoms with Crippen LogP contribution in [0.4, 0.5) is 0 Å². The topological polar surface area (TPSA) is 47.3 Å². The summed E-state index contributed by atoms with van der Waals surface area (Å²) in [4.78, 5) is 17.6. The van der Waals surface area contributed by atoms with E-state index in [4.69, 9.17) is 0 Å². The van der Waals surface area contributed by atoms with Crippen molar-refractivity contribution in [2.24, 2.45) is 0 Å². The molecule has 2 heterocycles. The molecule has 0 atom stereocenters. The molecule has 0 saturated heterocycles. The molecule has 0 N–H and O–H groups in total. The number of halogens is 1. The molecule has 0 aliphatic rings. The normalized spacial score (nSPS) is 12.1. The summed E-state index contributed by atoms with van der Waals surface area (Å²) in [6, 6.07) is 17.8. The van der Waals surface area contributed by atoms with Crippen LogP contribution < -0.4 is 10.1 Å². The van der Waals surface area contributed by atoms with E-state index < -0.39 is 0 Å². The van der Waals surface area contributed by atoms with Crippen LogP contribution in [0.5, 0.6) is 0 Å². The molecule has 0 aliphatic heterocycles. The number of nitrogens with zero attached hydrogens (tertiary/aromatic N) is 3. The smallest absolute Gasteiger partial charge is 0.266 e. The molecule has 4 nitrogen and oxygen atoms in total. The Morgan fingerprint density at radius 2 is 1.96 bits per heavy atom. The highest BCUT2D eigenvalue weighted by molar-refractivity contribution is 9.10. The summed E-state index contributed by atoms with van der Waals surface area (Å²) in [5.41, 5.74) is 1.97. The van der Waals surface area contributed by atoms with E-state index >= 15 is 0 Å². The lowest BCUT2D eigenvalue weighted by Gasteiger charge is -1.94. The number of benzene rings is 2. The summed E-state index contributed by atoms with van der Waals surface area (Å²) in [7, 11) is 0. The molecule has 0 spiro atoms. The van der Waals surface area contributed by atoms with Gasteiger partial charge in [0, 0.05) is 10.9 Å². The average Bonchev–Trinajstić information content (AvgIpc) is 3.08. The van der Waals surface area contributed by atoms with Crippen LogP contribution in [0.15, 0.2) is 63.9 Å². The average molecular weight is 398 g/mol. The fourth-order valence-corrected chi connectivity index (χ4v) is 3.82. The molecule has 0 unspecified atom stereocenters. The molecule has 4 rings (SSSR count). The minimum Gasteiger partial charge on any atom is -0.266 e. The van der Waals surface area contributed by atoms with Crippen LogP contribution in [-0.4, -0.2) is 14.6 Å². The van der Waals surface area contributed by atoms with Crippen molar-refractivity contribution in [1.29, 1.82) is 0 Å². The van der Waals surface area contributed by atoms with Crippen molar-refractivity contribution in [3.8, 4) is 0 Å². The van der Waals surface area contributed by atoms with E-state index in [-0.39, 0.29) is 5.56 Å². The van der Waals surface area contributed by atoms with Crippen molar-refractivity contribution in [1.82, 2.24) is 14.6 Å². The quantitative estimate of drug-likeness (QED) is 0.533. The van der Waals surface area contributed by atoms with E-state index in [2.05, 4.69) is 26.0 Å².